The highest BCUT2D eigenvalue weighted by molar-refractivity contribution is 6.03. The molecule has 1 unspecified atom stereocenters. The van der Waals surface area contributed by atoms with Crippen LogP contribution in [-0.4, -0.2) is 34.7 Å². The fourth-order valence-corrected chi connectivity index (χ4v) is 2.13. The van der Waals surface area contributed by atoms with Crippen LogP contribution >= 0.6 is 0 Å². The lowest BCUT2D eigenvalue weighted by molar-refractivity contribution is -0.130. The number of amides is 3. The van der Waals surface area contributed by atoms with Gasteiger partial charge >= 0.3 is 6.03 Å². The van der Waals surface area contributed by atoms with Crippen molar-refractivity contribution in [1.82, 2.24) is 10.2 Å². The molecule has 3 amide bonds. The maximum Gasteiger partial charge on any atom is 0.326 e. The number of imide groups is 1. The van der Waals surface area contributed by atoms with Gasteiger partial charge in [-0.05, 0) is 6.42 Å². The normalized spacial score (nSPS) is 19.4. The number of nitrogens with one attached hydrogen (secondary N) is 1. The summed E-state index contributed by atoms with van der Waals surface area (Å²) in [6, 6.07) is -0.476. The van der Waals surface area contributed by atoms with Crippen molar-refractivity contribution in [3.05, 3.63) is 0 Å². The van der Waals surface area contributed by atoms with Gasteiger partial charge in [-0.1, -0.05) is 51.9 Å². The summed E-state index contributed by atoms with van der Waals surface area (Å²) in [4.78, 5) is 23.5. The minimum Gasteiger partial charge on any atom is -0.365 e. The molecule has 5 nitrogen and oxygen atoms in total. The minimum absolute atomic E-state index is 0.452. The second-order valence-corrected chi connectivity index (χ2v) is 4.84. The first-order valence-corrected chi connectivity index (χ1v) is 6.96. The van der Waals surface area contributed by atoms with Crippen molar-refractivity contribution < 1.29 is 14.7 Å². The van der Waals surface area contributed by atoms with Crippen molar-refractivity contribution in [3.8, 4) is 0 Å². The summed E-state index contributed by atoms with van der Waals surface area (Å²) in [6.07, 6.45) is 8.12. The molecule has 5 heteroatoms. The van der Waals surface area contributed by atoms with Crippen LogP contribution in [0.2, 0.25) is 0 Å². The summed E-state index contributed by atoms with van der Waals surface area (Å²) < 4.78 is 0. The van der Waals surface area contributed by atoms with E-state index in [1.54, 1.807) is 0 Å². The maximum atomic E-state index is 11.3. The molecule has 1 atom stereocenters. The van der Waals surface area contributed by atoms with Crippen molar-refractivity contribution in [2.75, 3.05) is 6.54 Å². The van der Waals surface area contributed by atoms with Crippen molar-refractivity contribution in [3.63, 3.8) is 0 Å². The van der Waals surface area contributed by atoms with Gasteiger partial charge in [0.15, 0.2) is 0 Å². The van der Waals surface area contributed by atoms with Crippen LogP contribution in [0.25, 0.3) is 0 Å². The average molecular weight is 256 g/mol. The van der Waals surface area contributed by atoms with Crippen LogP contribution < -0.4 is 5.32 Å². The Kier molecular flexibility index (Phi) is 6.72. The quantitative estimate of drug-likeness (QED) is 0.489. The van der Waals surface area contributed by atoms with Gasteiger partial charge in [-0.15, -0.1) is 0 Å². The van der Waals surface area contributed by atoms with Gasteiger partial charge in [0.25, 0.3) is 5.91 Å². The number of hydrogen-bond acceptors (Lipinski definition) is 3. The molecule has 0 aromatic carbocycles. The van der Waals surface area contributed by atoms with Gasteiger partial charge in [0, 0.05) is 6.54 Å². The van der Waals surface area contributed by atoms with Crippen LogP contribution in [0.1, 0.15) is 58.3 Å². The number of hydrogen-bond donors (Lipinski definition) is 2. The molecule has 0 spiro atoms. The van der Waals surface area contributed by atoms with Crippen molar-refractivity contribution in [1.29, 1.82) is 0 Å². The highest BCUT2D eigenvalue weighted by atomic mass is 16.3. The Labute approximate surface area is 109 Å². The summed E-state index contributed by atoms with van der Waals surface area (Å²) in [6.45, 7) is 2.65. The molecule has 2 N–H and O–H groups in total. The Morgan fingerprint density at radius 1 is 1.06 bits per heavy atom. The second kappa shape index (κ2) is 8.08. The summed E-state index contributed by atoms with van der Waals surface area (Å²) >= 11 is 0. The van der Waals surface area contributed by atoms with Gasteiger partial charge in [0.1, 0.15) is 0 Å². The van der Waals surface area contributed by atoms with Crippen LogP contribution in [0.4, 0.5) is 4.79 Å². The fraction of sp³-hybridized carbons (Fsp3) is 0.846. The molecule has 1 aliphatic heterocycles. The Morgan fingerprint density at radius 3 is 2.11 bits per heavy atom. The van der Waals surface area contributed by atoms with Crippen LogP contribution in [0.5, 0.6) is 0 Å². The van der Waals surface area contributed by atoms with Gasteiger partial charge in [-0.25, -0.2) is 4.79 Å². The molecule has 0 aliphatic carbocycles. The molecule has 1 fully saturated rings. The number of unbranched alkanes of at least 4 members (excludes halogenated alkanes) is 7. The van der Waals surface area contributed by atoms with Crippen molar-refractivity contribution in [2.24, 2.45) is 0 Å². The van der Waals surface area contributed by atoms with Gasteiger partial charge in [0.05, 0.1) is 0 Å². The Hall–Kier alpha value is -1.10. The molecule has 0 aromatic rings. The van der Waals surface area contributed by atoms with Crippen LogP contribution in [0, 0.1) is 0 Å². The van der Waals surface area contributed by atoms with Gasteiger partial charge in [-0.2, -0.15) is 0 Å². The van der Waals surface area contributed by atoms with Crippen molar-refractivity contribution >= 4 is 11.9 Å². The molecule has 0 bridgehead atoms. The monoisotopic (exact) mass is 256 g/mol. The molecule has 18 heavy (non-hydrogen) atoms. The molecule has 1 aliphatic rings. The predicted molar refractivity (Wildman–Crippen MR) is 68.9 cm³/mol. The van der Waals surface area contributed by atoms with E-state index in [1.807, 2.05) is 0 Å². The highest BCUT2D eigenvalue weighted by Gasteiger charge is 2.35. The number of carbonyl (C=O) groups is 2. The fourth-order valence-electron chi connectivity index (χ4n) is 2.13. The number of aliphatic hydroxyl groups excluding tert-OH is 1. The number of carbonyl (C=O) groups excluding carboxylic acids is 2. The molecule has 1 heterocycles. The number of aliphatic hydroxyl groups is 1. The van der Waals surface area contributed by atoms with Gasteiger partial charge in [0.2, 0.25) is 6.23 Å². The van der Waals surface area contributed by atoms with E-state index in [9.17, 15) is 14.7 Å². The third kappa shape index (κ3) is 4.64. The van der Waals surface area contributed by atoms with E-state index in [0.717, 1.165) is 19.3 Å². The summed E-state index contributed by atoms with van der Waals surface area (Å²) in [5.41, 5.74) is 0. The molecule has 104 valence electrons. The van der Waals surface area contributed by atoms with E-state index in [0.29, 0.717) is 6.54 Å². The van der Waals surface area contributed by atoms with Gasteiger partial charge in [-0.3, -0.25) is 15.0 Å². The second-order valence-electron chi connectivity index (χ2n) is 4.84. The van der Waals surface area contributed by atoms with Crippen LogP contribution in [0.3, 0.4) is 0 Å². The zero-order valence-electron chi connectivity index (χ0n) is 11.2. The lowest BCUT2D eigenvalue weighted by atomic mass is 10.1. The summed E-state index contributed by atoms with van der Waals surface area (Å²) in [7, 11) is 0. The van der Waals surface area contributed by atoms with Crippen LogP contribution in [0.15, 0.2) is 0 Å². The van der Waals surface area contributed by atoms with Crippen LogP contribution in [-0.2, 0) is 4.79 Å². The highest BCUT2D eigenvalue weighted by Crippen LogP contribution is 2.11. The van der Waals surface area contributed by atoms with E-state index in [-0.39, 0.29) is 0 Å². The molecular weight excluding hydrogens is 232 g/mol. The molecule has 1 saturated heterocycles. The smallest absolute Gasteiger partial charge is 0.326 e. The maximum absolute atomic E-state index is 11.3. The number of rotatable bonds is 9. The van der Waals surface area contributed by atoms with Crippen molar-refractivity contribution in [2.45, 2.75) is 64.5 Å². The Morgan fingerprint density at radius 2 is 1.61 bits per heavy atom. The van der Waals surface area contributed by atoms with E-state index in [4.69, 9.17) is 0 Å². The molecule has 0 aromatic heterocycles. The number of nitrogens with zero attached hydrogens (tertiary/aromatic N) is 1. The summed E-state index contributed by atoms with van der Waals surface area (Å²) in [5, 5.41) is 11.5. The number of urea groups is 1. The zero-order chi connectivity index (χ0) is 13.4. The third-order valence-corrected chi connectivity index (χ3v) is 3.27. The first kappa shape index (κ1) is 15.0. The van der Waals surface area contributed by atoms with E-state index >= 15 is 0 Å². The van der Waals surface area contributed by atoms with E-state index in [1.165, 1.54) is 37.0 Å². The largest absolute Gasteiger partial charge is 0.365 e. The Balaban J connectivity index is 2.01. The minimum atomic E-state index is -1.29. The molecule has 0 saturated carbocycles. The standard InChI is InChI=1S/C13H24N2O3/c1-2-3-4-5-6-7-8-9-10-15-12(17)11(16)14-13(15)18/h12,17H,2-10H2,1H3,(H,14,16,18). The average Bonchev–Trinajstić information content (AvgIpc) is 2.58. The molecule has 1 rings (SSSR count). The van der Waals surface area contributed by atoms with E-state index in [2.05, 4.69) is 12.2 Å². The van der Waals surface area contributed by atoms with Gasteiger partial charge < -0.3 is 5.11 Å². The molecular formula is C13H24N2O3. The summed E-state index contributed by atoms with van der Waals surface area (Å²) in [5.74, 6) is -0.612. The predicted octanol–water partition coefficient (Wildman–Crippen LogP) is 2.00. The lowest BCUT2D eigenvalue weighted by Gasteiger charge is -2.16. The van der Waals surface area contributed by atoms with E-state index < -0.39 is 18.2 Å². The third-order valence-electron chi connectivity index (χ3n) is 3.27. The Bertz CT molecular complexity index is 281. The zero-order valence-corrected chi connectivity index (χ0v) is 11.2. The topological polar surface area (TPSA) is 69.6 Å². The SMILES string of the molecule is CCCCCCCCCCN1C(=O)NC(=O)C1O. The lowest BCUT2D eigenvalue weighted by Crippen LogP contribution is -2.35. The first-order chi connectivity index (χ1) is 8.66. The molecule has 0 radical (unpaired) electrons. The first-order valence-electron chi connectivity index (χ1n) is 6.96.